The van der Waals surface area contributed by atoms with Crippen molar-refractivity contribution in [3.05, 3.63) is 34.8 Å². The van der Waals surface area contributed by atoms with Gasteiger partial charge in [0.2, 0.25) is 11.0 Å². The summed E-state index contributed by atoms with van der Waals surface area (Å²) in [5.41, 5.74) is 0.425. The maximum Gasteiger partial charge on any atom is 0.280 e. The van der Waals surface area contributed by atoms with Crippen LogP contribution in [-0.2, 0) is 35.5 Å². The van der Waals surface area contributed by atoms with Gasteiger partial charge >= 0.3 is 0 Å². The molecule has 38 heavy (non-hydrogen) atoms. The number of sulfone groups is 1. The average molecular weight is 563 g/mol. The van der Waals surface area contributed by atoms with E-state index in [1.165, 1.54) is 23.5 Å². The molecule has 3 fully saturated rings. The normalized spacial score (nSPS) is 20.9. The van der Waals surface area contributed by atoms with E-state index in [1.54, 1.807) is 19.1 Å². The fourth-order valence-corrected chi connectivity index (χ4v) is 6.69. The van der Waals surface area contributed by atoms with Crippen LogP contribution in [0.4, 0.5) is 5.13 Å². The summed E-state index contributed by atoms with van der Waals surface area (Å²) in [5, 5.41) is 15.9. The van der Waals surface area contributed by atoms with Crippen LogP contribution < -0.4 is 5.32 Å². The number of oxime groups is 1. The molecule has 204 valence electrons. The molecule has 2 amide bonds. The number of rotatable bonds is 9. The number of aromatic nitrogens is 2. The molecular weight excluding hydrogens is 532 g/mol. The van der Waals surface area contributed by atoms with Crippen molar-refractivity contribution in [2.24, 2.45) is 5.16 Å². The van der Waals surface area contributed by atoms with E-state index in [0.717, 1.165) is 18.1 Å². The molecule has 2 saturated heterocycles. The largest absolute Gasteiger partial charge is 0.389 e. The summed E-state index contributed by atoms with van der Waals surface area (Å²) >= 11 is 1.26. The van der Waals surface area contributed by atoms with Gasteiger partial charge in [0.25, 0.3) is 5.91 Å². The zero-order chi connectivity index (χ0) is 26.7. The first kappa shape index (κ1) is 26.7. The molecule has 1 saturated carbocycles. The monoisotopic (exact) mass is 562 g/mol. The highest BCUT2D eigenvalue weighted by Crippen LogP contribution is 2.33. The van der Waals surface area contributed by atoms with E-state index in [2.05, 4.69) is 25.6 Å². The number of hydrogen-bond acceptors (Lipinski definition) is 11. The van der Waals surface area contributed by atoms with Crippen molar-refractivity contribution in [1.29, 1.82) is 0 Å². The summed E-state index contributed by atoms with van der Waals surface area (Å²) in [6.45, 7) is 5.92. The topological polar surface area (TPSA) is 143 Å². The van der Waals surface area contributed by atoms with E-state index in [9.17, 15) is 18.0 Å². The number of amides is 2. The number of anilines is 1. The Morgan fingerprint density at radius 3 is 2.50 bits per heavy atom. The van der Waals surface area contributed by atoms with Gasteiger partial charge in [-0.2, -0.15) is 0 Å². The van der Waals surface area contributed by atoms with Crippen LogP contribution in [0.1, 0.15) is 36.8 Å². The van der Waals surface area contributed by atoms with Crippen molar-refractivity contribution in [2.45, 2.75) is 49.0 Å². The van der Waals surface area contributed by atoms with Gasteiger partial charge in [0.15, 0.2) is 21.7 Å². The predicted molar refractivity (Wildman–Crippen MR) is 140 cm³/mol. The smallest absolute Gasteiger partial charge is 0.280 e. The van der Waals surface area contributed by atoms with Crippen LogP contribution in [0.3, 0.4) is 0 Å². The van der Waals surface area contributed by atoms with Crippen molar-refractivity contribution < 1.29 is 27.6 Å². The van der Waals surface area contributed by atoms with Gasteiger partial charge in [-0.05, 0) is 25.0 Å². The number of hydrogen-bond donors (Lipinski definition) is 1. The summed E-state index contributed by atoms with van der Waals surface area (Å²) in [6.07, 6.45) is 1.75. The average Bonchev–Trinajstić information content (AvgIpc) is 3.49. The van der Waals surface area contributed by atoms with E-state index < -0.39 is 15.7 Å². The number of piperazine rings is 1. The summed E-state index contributed by atoms with van der Waals surface area (Å²) in [4.78, 5) is 34.6. The van der Waals surface area contributed by atoms with Crippen LogP contribution in [0.5, 0.6) is 0 Å². The van der Waals surface area contributed by atoms with Crippen molar-refractivity contribution in [1.82, 2.24) is 20.0 Å². The maximum absolute atomic E-state index is 13.2. The second-order valence-electron chi connectivity index (χ2n) is 9.54. The van der Waals surface area contributed by atoms with Crippen LogP contribution in [0.2, 0.25) is 0 Å². The minimum atomic E-state index is -3.35. The Bertz CT molecular complexity index is 1290. The molecule has 0 spiro atoms. The molecule has 14 heteroatoms. The lowest BCUT2D eigenvalue weighted by atomic mass is 10.1. The van der Waals surface area contributed by atoms with Crippen LogP contribution in [0.25, 0.3) is 0 Å². The SMILES string of the molecule is CC(=O)N1CCN(Cc2nnc(NC(=O)C(=NO[C@@H]3CCOC3)c3ccc(S(=O)(=O)C4CC4)cc3)s2)CC1. The summed E-state index contributed by atoms with van der Waals surface area (Å²) in [6, 6.07) is 6.13. The van der Waals surface area contributed by atoms with Gasteiger partial charge in [-0.3, -0.25) is 19.8 Å². The second-order valence-corrected chi connectivity index (χ2v) is 12.8. The van der Waals surface area contributed by atoms with Gasteiger partial charge < -0.3 is 14.5 Å². The minimum Gasteiger partial charge on any atom is -0.389 e. The molecule has 0 radical (unpaired) electrons. The molecule has 3 aliphatic rings. The molecule has 0 bridgehead atoms. The number of nitrogens with zero attached hydrogens (tertiary/aromatic N) is 5. The van der Waals surface area contributed by atoms with E-state index in [4.69, 9.17) is 9.57 Å². The van der Waals surface area contributed by atoms with Gasteiger partial charge in [0, 0.05) is 45.1 Å². The standard InChI is InChI=1S/C24H30N6O6S2/c1-16(31)30-11-9-29(10-12-30)14-21-26-27-24(37-21)25-23(32)22(28-36-18-8-13-35-15-18)17-2-4-19(5-3-17)38(33,34)20-6-7-20/h2-5,18,20H,6-15H2,1H3,(H,25,27,32)/t18-/m1/s1. The van der Waals surface area contributed by atoms with Crippen molar-refractivity contribution in [3.8, 4) is 0 Å². The molecule has 1 aromatic carbocycles. The number of carbonyl (C=O) groups is 2. The first-order chi connectivity index (χ1) is 18.3. The quantitative estimate of drug-likeness (QED) is 0.353. The van der Waals surface area contributed by atoms with Gasteiger partial charge in [-0.1, -0.05) is 28.6 Å². The first-order valence-electron chi connectivity index (χ1n) is 12.6. The molecule has 1 N–H and O–H groups in total. The van der Waals surface area contributed by atoms with Crippen molar-refractivity contribution in [2.75, 3.05) is 44.7 Å². The molecule has 1 aliphatic carbocycles. The van der Waals surface area contributed by atoms with Crippen LogP contribution in [-0.4, -0.2) is 96.7 Å². The van der Waals surface area contributed by atoms with Crippen LogP contribution in [0.15, 0.2) is 34.3 Å². The van der Waals surface area contributed by atoms with E-state index in [0.29, 0.717) is 62.8 Å². The molecule has 0 unspecified atom stereocenters. The highest BCUT2D eigenvalue weighted by molar-refractivity contribution is 7.92. The Kier molecular flexibility index (Phi) is 8.02. The van der Waals surface area contributed by atoms with Crippen molar-refractivity contribution >= 4 is 43.8 Å². The summed E-state index contributed by atoms with van der Waals surface area (Å²) in [7, 11) is -3.35. The molecule has 5 rings (SSSR count). The Labute approximate surface area is 224 Å². The first-order valence-corrected chi connectivity index (χ1v) is 14.9. The third kappa shape index (κ3) is 6.37. The number of nitrogens with one attached hydrogen (secondary N) is 1. The molecule has 2 aliphatic heterocycles. The Balaban J connectivity index is 1.26. The van der Waals surface area contributed by atoms with E-state index >= 15 is 0 Å². The number of carbonyl (C=O) groups excluding carboxylic acids is 2. The Hall–Kier alpha value is -2.94. The Morgan fingerprint density at radius 2 is 1.87 bits per heavy atom. The minimum absolute atomic E-state index is 0.00405. The zero-order valence-electron chi connectivity index (χ0n) is 21.0. The summed E-state index contributed by atoms with van der Waals surface area (Å²) < 4.78 is 30.4. The highest BCUT2D eigenvalue weighted by Gasteiger charge is 2.37. The van der Waals surface area contributed by atoms with Crippen molar-refractivity contribution in [3.63, 3.8) is 0 Å². The van der Waals surface area contributed by atoms with Crippen LogP contribution >= 0.6 is 11.3 Å². The molecule has 2 aromatic rings. The molecule has 1 aromatic heterocycles. The lowest BCUT2D eigenvalue weighted by Gasteiger charge is -2.33. The molecule has 1 atom stereocenters. The fraction of sp³-hybridized carbons (Fsp3) is 0.542. The van der Waals surface area contributed by atoms with Gasteiger partial charge in [0.1, 0.15) is 5.01 Å². The number of ether oxygens (including phenoxy) is 1. The number of benzene rings is 1. The van der Waals surface area contributed by atoms with E-state index in [-0.39, 0.29) is 27.9 Å². The molecular formula is C24H30N6O6S2. The van der Waals surface area contributed by atoms with Gasteiger partial charge in [-0.25, -0.2) is 8.42 Å². The second kappa shape index (κ2) is 11.4. The fourth-order valence-electron chi connectivity index (χ4n) is 4.26. The third-order valence-corrected chi connectivity index (χ3v) is 9.78. The maximum atomic E-state index is 13.2. The lowest BCUT2D eigenvalue weighted by molar-refractivity contribution is -0.130. The van der Waals surface area contributed by atoms with Gasteiger partial charge in [0.05, 0.1) is 29.9 Å². The molecule has 3 heterocycles. The molecule has 12 nitrogen and oxygen atoms in total. The highest BCUT2D eigenvalue weighted by atomic mass is 32.2. The summed E-state index contributed by atoms with van der Waals surface area (Å²) in [5.74, 6) is -0.467. The predicted octanol–water partition coefficient (Wildman–Crippen LogP) is 1.29. The lowest BCUT2D eigenvalue weighted by Crippen LogP contribution is -2.47. The Morgan fingerprint density at radius 1 is 1.13 bits per heavy atom. The van der Waals surface area contributed by atoms with E-state index in [1.807, 2.05) is 4.90 Å². The van der Waals surface area contributed by atoms with Crippen LogP contribution in [0, 0.1) is 0 Å². The van der Waals surface area contributed by atoms with Gasteiger partial charge in [-0.15, -0.1) is 10.2 Å². The third-order valence-electron chi connectivity index (χ3n) is 6.68. The zero-order valence-corrected chi connectivity index (χ0v) is 22.7.